The smallest absolute Gasteiger partial charge is 0.242 e. The molecule has 2 fully saturated rings. The van der Waals surface area contributed by atoms with E-state index in [9.17, 15) is 15.2 Å². The maximum absolute atomic E-state index is 12.8. The van der Waals surface area contributed by atoms with Crippen molar-refractivity contribution in [3.63, 3.8) is 0 Å². The Morgan fingerprint density at radius 3 is 2.63 bits per heavy atom. The Morgan fingerprint density at radius 2 is 1.96 bits per heavy atom. The number of aliphatic hydroxyl groups is 1. The Kier molecular flexibility index (Phi) is 6.22. The molecule has 0 unspecified atom stereocenters. The molecule has 1 aromatic rings. The van der Waals surface area contributed by atoms with Crippen LogP contribution in [0.5, 0.6) is 0 Å². The molecule has 1 aliphatic heterocycles. The van der Waals surface area contributed by atoms with Crippen LogP contribution in [-0.4, -0.2) is 54.2 Å². The molecule has 27 heavy (non-hydrogen) atoms. The van der Waals surface area contributed by atoms with Gasteiger partial charge in [-0.3, -0.25) is 4.79 Å². The van der Waals surface area contributed by atoms with Crippen LogP contribution in [0.1, 0.15) is 44.9 Å². The zero-order valence-electron chi connectivity index (χ0n) is 16.2. The largest absolute Gasteiger partial charge is 0.393 e. The number of para-hydroxylation sites is 2. The Morgan fingerprint density at radius 1 is 1.30 bits per heavy atom. The number of nitriles is 1. The Bertz CT molecular complexity index is 686. The number of anilines is 2. The van der Waals surface area contributed by atoms with E-state index in [0.29, 0.717) is 0 Å². The van der Waals surface area contributed by atoms with E-state index < -0.39 is 5.54 Å². The van der Waals surface area contributed by atoms with Gasteiger partial charge in [-0.2, -0.15) is 5.26 Å². The zero-order valence-corrected chi connectivity index (χ0v) is 16.2. The highest BCUT2D eigenvalue weighted by Crippen LogP contribution is 2.33. The zero-order chi connectivity index (χ0) is 19.3. The third kappa shape index (κ3) is 4.36. The lowest BCUT2D eigenvalue weighted by Gasteiger charge is -2.39. The van der Waals surface area contributed by atoms with E-state index in [-0.39, 0.29) is 18.6 Å². The quantitative estimate of drug-likeness (QED) is 0.833. The lowest BCUT2D eigenvalue weighted by atomic mass is 9.81. The number of aliphatic hydroxyl groups excluding tert-OH is 1. The molecule has 6 nitrogen and oxygen atoms in total. The molecule has 1 aromatic carbocycles. The number of nitrogens with one attached hydrogen (secondary N) is 1. The highest BCUT2D eigenvalue weighted by atomic mass is 16.3. The predicted octanol–water partition coefficient (Wildman–Crippen LogP) is 2.74. The molecule has 2 N–H and O–H groups in total. The minimum absolute atomic E-state index is 0.0534. The predicted molar refractivity (Wildman–Crippen MR) is 107 cm³/mol. The fourth-order valence-corrected chi connectivity index (χ4v) is 4.19. The van der Waals surface area contributed by atoms with Crippen molar-refractivity contribution in [3.05, 3.63) is 24.3 Å². The normalized spacial score (nSPS) is 20.0. The number of rotatable bonds is 5. The fraction of sp³-hybridized carbons (Fsp3) is 0.619. The van der Waals surface area contributed by atoms with Crippen LogP contribution in [0.25, 0.3) is 0 Å². The molecule has 0 aromatic heterocycles. The van der Waals surface area contributed by atoms with Gasteiger partial charge in [-0.15, -0.1) is 0 Å². The number of piperidine rings is 1. The molecule has 0 radical (unpaired) electrons. The van der Waals surface area contributed by atoms with E-state index in [1.165, 1.54) is 0 Å². The molecule has 2 aliphatic rings. The molecular formula is C21H30N4O2. The van der Waals surface area contributed by atoms with Crippen molar-refractivity contribution < 1.29 is 9.90 Å². The van der Waals surface area contributed by atoms with E-state index in [2.05, 4.69) is 16.3 Å². The number of likely N-dealkylation sites (N-methyl/N-ethyl adjacent to an activating group) is 1. The van der Waals surface area contributed by atoms with Crippen molar-refractivity contribution in [2.24, 2.45) is 0 Å². The highest BCUT2D eigenvalue weighted by Gasteiger charge is 2.38. The number of amides is 1. The van der Waals surface area contributed by atoms with Gasteiger partial charge in [0, 0.05) is 20.1 Å². The second-order valence-corrected chi connectivity index (χ2v) is 7.75. The summed E-state index contributed by atoms with van der Waals surface area (Å²) in [5.41, 5.74) is 1.33. The molecule has 0 atom stereocenters. The fourth-order valence-electron chi connectivity index (χ4n) is 4.19. The lowest BCUT2D eigenvalue weighted by molar-refractivity contribution is -0.132. The van der Waals surface area contributed by atoms with Crippen LogP contribution in [0.15, 0.2) is 24.3 Å². The highest BCUT2D eigenvalue weighted by molar-refractivity contribution is 5.83. The number of benzene rings is 1. The van der Waals surface area contributed by atoms with Gasteiger partial charge in [-0.25, -0.2) is 0 Å². The van der Waals surface area contributed by atoms with Crippen LogP contribution in [0.3, 0.4) is 0 Å². The second kappa shape index (κ2) is 8.62. The summed E-state index contributed by atoms with van der Waals surface area (Å²) >= 11 is 0. The Balaban J connectivity index is 1.64. The molecule has 0 bridgehead atoms. The first-order valence-electron chi connectivity index (χ1n) is 9.99. The molecule has 1 heterocycles. The first-order chi connectivity index (χ1) is 13.1. The maximum Gasteiger partial charge on any atom is 0.242 e. The van der Waals surface area contributed by atoms with E-state index in [1.54, 1.807) is 11.9 Å². The lowest BCUT2D eigenvalue weighted by Crippen LogP contribution is -2.51. The van der Waals surface area contributed by atoms with Crippen LogP contribution in [-0.2, 0) is 4.79 Å². The summed E-state index contributed by atoms with van der Waals surface area (Å²) < 4.78 is 0. The van der Waals surface area contributed by atoms with Crippen LogP contribution >= 0.6 is 0 Å². The maximum atomic E-state index is 12.8. The first-order valence-corrected chi connectivity index (χ1v) is 9.99. The molecule has 1 saturated heterocycles. The van der Waals surface area contributed by atoms with Crippen molar-refractivity contribution in [1.82, 2.24) is 4.90 Å². The van der Waals surface area contributed by atoms with Crippen LogP contribution in [0, 0.1) is 11.3 Å². The summed E-state index contributed by atoms with van der Waals surface area (Å²) in [6.45, 7) is 1.80. The van der Waals surface area contributed by atoms with E-state index in [1.807, 2.05) is 24.3 Å². The minimum Gasteiger partial charge on any atom is -0.393 e. The number of carbonyl (C=O) groups is 1. The minimum atomic E-state index is -0.653. The summed E-state index contributed by atoms with van der Waals surface area (Å²) in [5.74, 6) is -0.0534. The van der Waals surface area contributed by atoms with Crippen molar-refractivity contribution in [2.45, 2.75) is 56.6 Å². The molecule has 1 saturated carbocycles. The summed E-state index contributed by atoms with van der Waals surface area (Å²) in [5, 5.41) is 22.7. The second-order valence-electron chi connectivity index (χ2n) is 7.75. The number of carbonyl (C=O) groups excluding carboxylic acids is 1. The summed E-state index contributed by atoms with van der Waals surface area (Å²) in [4.78, 5) is 16.7. The molecule has 1 aliphatic carbocycles. The van der Waals surface area contributed by atoms with Crippen LogP contribution in [0.2, 0.25) is 0 Å². The van der Waals surface area contributed by atoms with Gasteiger partial charge < -0.3 is 20.2 Å². The average Bonchev–Trinajstić information content (AvgIpc) is 2.72. The van der Waals surface area contributed by atoms with E-state index >= 15 is 0 Å². The van der Waals surface area contributed by atoms with E-state index in [0.717, 1.165) is 69.4 Å². The van der Waals surface area contributed by atoms with E-state index in [4.69, 9.17) is 0 Å². The summed E-state index contributed by atoms with van der Waals surface area (Å²) in [6, 6.07) is 10.4. The Labute approximate surface area is 161 Å². The van der Waals surface area contributed by atoms with Gasteiger partial charge in [-0.05, 0) is 37.8 Å². The van der Waals surface area contributed by atoms with Gasteiger partial charge in [0.2, 0.25) is 5.91 Å². The third-order valence-electron chi connectivity index (χ3n) is 6.04. The van der Waals surface area contributed by atoms with Crippen molar-refractivity contribution in [3.8, 4) is 6.07 Å². The van der Waals surface area contributed by atoms with Crippen molar-refractivity contribution in [1.29, 1.82) is 5.26 Å². The SMILES string of the molecule is CN(C(=O)CNc1ccccc1N1CCC(O)CC1)C1(C#N)CCCCC1. The topological polar surface area (TPSA) is 79.6 Å². The van der Waals surface area contributed by atoms with Crippen LogP contribution in [0.4, 0.5) is 11.4 Å². The Hall–Kier alpha value is -2.26. The van der Waals surface area contributed by atoms with Gasteiger partial charge >= 0.3 is 0 Å². The first kappa shape index (κ1) is 19.5. The van der Waals surface area contributed by atoms with Crippen molar-refractivity contribution in [2.75, 3.05) is 36.9 Å². The standard InChI is InChI=1S/C21H30N4O2/c1-24(21(16-22)11-5-2-6-12-21)20(27)15-23-18-7-3-4-8-19(18)25-13-9-17(26)10-14-25/h3-4,7-8,17,23,26H,2,5-6,9-15H2,1H3. The monoisotopic (exact) mass is 370 g/mol. The number of nitrogens with zero attached hydrogens (tertiary/aromatic N) is 3. The third-order valence-corrected chi connectivity index (χ3v) is 6.04. The molecular weight excluding hydrogens is 340 g/mol. The average molecular weight is 370 g/mol. The van der Waals surface area contributed by atoms with Gasteiger partial charge in [-0.1, -0.05) is 31.4 Å². The summed E-state index contributed by atoms with van der Waals surface area (Å²) in [7, 11) is 1.76. The van der Waals surface area contributed by atoms with Crippen LogP contribution < -0.4 is 10.2 Å². The van der Waals surface area contributed by atoms with Gasteiger partial charge in [0.15, 0.2) is 0 Å². The van der Waals surface area contributed by atoms with Gasteiger partial charge in [0.05, 0.1) is 30.1 Å². The molecule has 6 heteroatoms. The van der Waals surface area contributed by atoms with Gasteiger partial charge in [0.25, 0.3) is 0 Å². The number of hydrogen-bond donors (Lipinski definition) is 2. The van der Waals surface area contributed by atoms with Crippen molar-refractivity contribution >= 4 is 17.3 Å². The van der Waals surface area contributed by atoms with Gasteiger partial charge in [0.1, 0.15) is 5.54 Å². The summed E-state index contributed by atoms with van der Waals surface area (Å²) in [6.07, 6.45) is 5.99. The molecule has 146 valence electrons. The molecule has 3 rings (SSSR count). The molecule has 1 amide bonds. The molecule has 0 spiro atoms. The number of hydrogen-bond acceptors (Lipinski definition) is 5.